The second kappa shape index (κ2) is 5.06. The minimum absolute atomic E-state index is 0.224. The van der Waals surface area contributed by atoms with Crippen LogP contribution in [0, 0.1) is 5.41 Å². The van der Waals surface area contributed by atoms with E-state index in [1.165, 1.54) is 6.20 Å². The Bertz CT molecular complexity index is 393. The number of rotatable bonds is 3. The molecule has 1 fully saturated rings. The Hall–Kier alpha value is -1.07. The van der Waals surface area contributed by atoms with E-state index < -0.39 is 0 Å². The Labute approximate surface area is 106 Å². The molecule has 1 aliphatic rings. The molecule has 0 aromatic carbocycles. The highest BCUT2D eigenvalue weighted by Gasteiger charge is 2.27. The maximum Gasteiger partial charge on any atom is 0.222 e. The lowest BCUT2D eigenvalue weighted by Gasteiger charge is -2.33. The Morgan fingerprint density at radius 2 is 2.24 bits per heavy atom. The van der Waals surface area contributed by atoms with E-state index in [1.54, 1.807) is 0 Å². The summed E-state index contributed by atoms with van der Waals surface area (Å²) in [6.07, 6.45) is 3.59. The summed E-state index contributed by atoms with van der Waals surface area (Å²) in [6.45, 7) is 4.68. The molecule has 0 spiro atoms. The maximum absolute atomic E-state index is 5.99. The molecule has 0 unspecified atom stereocenters. The Balaban J connectivity index is 1.99. The lowest BCUT2D eigenvalue weighted by molar-refractivity contribution is 0.0300. The number of ether oxygens (including phenoxy) is 1. The Morgan fingerprint density at radius 1 is 1.53 bits per heavy atom. The number of hydrogen-bond donors (Lipinski definition) is 2. The van der Waals surface area contributed by atoms with E-state index in [2.05, 4.69) is 22.2 Å². The van der Waals surface area contributed by atoms with E-state index in [-0.39, 0.29) is 11.4 Å². The van der Waals surface area contributed by atoms with Crippen LogP contribution in [0.4, 0.5) is 11.8 Å². The zero-order valence-corrected chi connectivity index (χ0v) is 10.6. The quantitative estimate of drug-likeness (QED) is 0.865. The molecule has 1 saturated heterocycles. The number of anilines is 2. The van der Waals surface area contributed by atoms with Crippen LogP contribution < -0.4 is 11.1 Å². The molecule has 17 heavy (non-hydrogen) atoms. The normalized spacial score (nSPS) is 18.9. The summed E-state index contributed by atoms with van der Waals surface area (Å²) < 4.78 is 5.36. The SMILES string of the molecule is CC1(CNc2nc(N)ncc2Cl)CCOCC1. The van der Waals surface area contributed by atoms with Gasteiger partial charge in [-0.15, -0.1) is 0 Å². The topological polar surface area (TPSA) is 73.1 Å². The van der Waals surface area contributed by atoms with Crippen LogP contribution in [-0.2, 0) is 4.74 Å². The fraction of sp³-hybridized carbons (Fsp3) is 0.636. The number of nitrogens with zero attached hydrogens (tertiary/aromatic N) is 2. The fourth-order valence-electron chi connectivity index (χ4n) is 1.84. The van der Waals surface area contributed by atoms with Crippen LogP contribution in [0.25, 0.3) is 0 Å². The number of halogens is 1. The first-order valence-electron chi connectivity index (χ1n) is 5.69. The Kier molecular flexibility index (Phi) is 3.69. The van der Waals surface area contributed by atoms with Crippen molar-refractivity contribution in [2.45, 2.75) is 19.8 Å². The van der Waals surface area contributed by atoms with E-state index in [0.29, 0.717) is 10.8 Å². The van der Waals surface area contributed by atoms with Crippen LogP contribution in [0.3, 0.4) is 0 Å². The summed E-state index contributed by atoms with van der Waals surface area (Å²) in [5, 5.41) is 3.74. The van der Waals surface area contributed by atoms with Gasteiger partial charge in [0.15, 0.2) is 0 Å². The van der Waals surface area contributed by atoms with Crippen LogP contribution >= 0.6 is 11.6 Å². The molecule has 1 aromatic heterocycles. The molecule has 3 N–H and O–H groups in total. The van der Waals surface area contributed by atoms with Gasteiger partial charge in [0.05, 0.1) is 6.20 Å². The lowest BCUT2D eigenvalue weighted by atomic mass is 9.82. The van der Waals surface area contributed by atoms with Gasteiger partial charge in [-0.3, -0.25) is 0 Å². The fourth-order valence-corrected chi connectivity index (χ4v) is 2.00. The molecule has 94 valence electrons. The van der Waals surface area contributed by atoms with Crippen molar-refractivity contribution in [3.8, 4) is 0 Å². The summed E-state index contributed by atoms with van der Waals surface area (Å²) in [5.74, 6) is 0.834. The molecule has 5 nitrogen and oxygen atoms in total. The molecule has 2 rings (SSSR count). The molecule has 0 bridgehead atoms. The van der Waals surface area contributed by atoms with Gasteiger partial charge in [-0.2, -0.15) is 4.98 Å². The highest BCUT2D eigenvalue weighted by molar-refractivity contribution is 6.32. The molecule has 0 atom stereocenters. The molecule has 0 saturated carbocycles. The van der Waals surface area contributed by atoms with Crippen molar-refractivity contribution < 1.29 is 4.74 Å². The van der Waals surface area contributed by atoms with Crippen molar-refractivity contribution >= 4 is 23.4 Å². The van der Waals surface area contributed by atoms with Crippen LogP contribution in [-0.4, -0.2) is 29.7 Å². The van der Waals surface area contributed by atoms with Gasteiger partial charge in [0, 0.05) is 19.8 Å². The predicted molar refractivity (Wildman–Crippen MR) is 68.1 cm³/mol. The molecule has 1 aromatic rings. The summed E-state index contributed by atoms with van der Waals surface area (Å²) in [5.41, 5.74) is 5.75. The first kappa shape index (κ1) is 12.4. The Morgan fingerprint density at radius 3 is 2.94 bits per heavy atom. The minimum atomic E-state index is 0.224. The van der Waals surface area contributed by atoms with E-state index >= 15 is 0 Å². The van der Waals surface area contributed by atoms with Crippen molar-refractivity contribution in [3.63, 3.8) is 0 Å². The van der Waals surface area contributed by atoms with Gasteiger partial charge >= 0.3 is 0 Å². The number of hydrogen-bond acceptors (Lipinski definition) is 5. The van der Waals surface area contributed by atoms with E-state index in [4.69, 9.17) is 22.1 Å². The van der Waals surface area contributed by atoms with Gasteiger partial charge in [-0.05, 0) is 18.3 Å². The summed E-state index contributed by atoms with van der Waals surface area (Å²) >= 11 is 5.99. The molecular weight excluding hydrogens is 240 g/mol. The first-order valence-corrected chi connectivity index (χ1v) is 6.06. The van der Waals surface area contributed by atoms with Crippen LogP contribution in [0.15, 0.2) is 6.20 Å². The highest BCUT2D eigenvalue weighted by atomic mass is 35.5. The monoisotopic (exact) mass is 256 g/mol. The summed E-state index contributed by atoms with van der Waals surface area (Å²) in [4.78, 5) is 7.91. The van der Waals surface area contributed by atoms with Crippen molar-refractivity contribution in [2.24, 2.45) is 5.41 Å². The molecule has 1 aliphatic heterocycles. The third-order valence-electron chi connectivity index (χ3n) is 3.15. The standard InChI is InChI=1S/C11H17ClN4O/c1-11(2-4-17-5-3-11)7-15-9-8(12)6-14-10(13)16-9/h6H,2-5,7H2,1H3,(H3,13,14,15,16). The van der Waals surface area contributed by atoms with Crippen molar-refractivity contribution in [1.29, 1.82) is 0 Å². The van der Waals surface area contributed by atoms with Gasteiger partial charge < -0.3 is 15.8 Å². The predicted octanol–water partition coefficient (Wildman–Crippen LogP) is 1.94. The third kappa shape index (κ3) is 3.20. The van der Waals surface area contributed by atoms with Gasteiger partial charge in [0.2, 0.25) is 5.95 Å². The van der Waals surface area contributed by atoms with Crippen molar-refractivity contribution in [2.75, 3.05) is 30.8 Å². The van der Waals surface area contributed by atoms with Gasteiger partial charge in [-0.25, -0.2) is 4.98 Å². The van der Waals surface area contributed by atoms with Crippen LogP contribution in [0.1, 0.15) is 19.8 Å². The first-order chi connectivity index (χ1) is 8.09. The van der Waals surface area contributed by atoms with E-state index in [0.717, 1.165) is 32.6 Å². The zero-order chi connectivity index (χ0) is 12.3. The number of nitrogens with one attached hydrogen (secondary N) is 1. The molecule has 0 radical (unpaired) electrons. The lowest BCUT2D eigenvalue weighted by Crippen LogP contribution is -2.33. The molecule has 2 heterocycles. The number of aromatic nitrogens is 2. The highest BCUT2D eigenvalue weighted by Crippen LogP contribution is 2.30. The van der Waals surface area contributed by atoms with E-state index in [1.807, 2.05) is 0 Å². The average molecular weight is 257 g/mol. The molecule has 6 heteroatoms. The van der Waals surface area contributed by atoms with Gasteiger partial charge in [-0.1, -0.05) is 18.5 Å². The van der Waals surface area contributed by atoms with Crippen molar-refractivity contribution in [1.82, 2.24) is 9.97 Å². The molecule has 0 aliphatic carbocycles. The van der Waals surface area contributed by atoms with Gasteiger partial charge in [0.25, 0.3) is 0 Å². The van der Waals surface area contributed by atoms with Gasteiger partial charge in [0.1, 0.15) is 10.8 Å². The molecule has 0 amide bonds. The number of nitrogens with two attached hydrogens (primary N) is 1. The maximum atomic E-state index is 5.99. The van der Waals surface area contributed by atoms with Crippen LogP contribution in [0.2, 0.25) is 5.02 Å². The summed E-state index contributed by atoms with van der Waals surface area (Å²) in [7, 11) is 0. The average Bonchev–Trinajstić information content (AvgIpc) is 2.31. The molecular formula is C11H17ClN4O. The minimum Gasteiger partial charge on any atom is -0.381 e. The van der Waals surface area contributed by atoms with E-state index in [9.17, 15) is 0 Å². The second-order valence-corrected chi connectivity index (χ2v) is 5.11. The number of nitrogen functional groups attached to an aromatic ring is 1. The van der Waals surface area contributed by atoms with Crippen LogP contribution in [0.5, 0.6) is 0 Å². The smallest absolute Gasteiger partial charge is 0.222 e. The largest absolute Gasteiger partial charge is 0.381 e. The van der Waals surface area contributed by atoms with Crippen molar-refractivity contribution in [3.05, 3.63) is 11.2 Å². The second-order valence-electron chi connectivity index (χ2n) is 4.70. The summed E-state index contributed by atoms with van der Waals surface area (Å²) in [6, 6.07) is 0. The zero-order valence-electron chi connectivity index (χ0n) is 9.87. The third-order valence-corrected chi connectivity index (χ3v) is 3.42.